The standard InChI is InChI=1S/C11H15FO2S/c1-8(2)10-4-6-11(7-5-10)9(3)15(12,13)14/h4-9H,1-3H3. The Morgan fingerprint density at radius 2 is 1.40 bits per heavy atom. The van der Waals surface area contributed by atoms with Gasteiger partial charge >= 0.3 is 10.2 Å². The molecule has 1 aromatic rings. The first-order chi connectivity index (χ1) is 6.82. The van der Waals surface area contributed by atoms with Crippen LogP contribution in [-0.2, 0) is 10.2 Å². The predicted octanol–water partition coefficient (Wildman–Crippen LogP) is 3.17. The molecule has 1 unspecified atom stereocenters. The van der Waals surface area contributed by atoms with Gasteiger partial charge in [-0.15, -0.1) is 3.89 Å². The van der Waals surface area contributed by atoms with Crippen LogP contribution >= 0.6 is 0 Å². The van der Waals surface area contributed by atoms with E-state index in [9.17, 15) is 12.3 Å². The first-order valence-corrected chi connectivity index (χ1v) is 6.30. The smallest absolute Gasteiger partial charge is 0.194 e. The molecule has 0 saturated heterocycles. The second kappa shape index (κ2) is 4.31. The Morgan fingerprint density at radius 1 is 1.00 bits per heavy atom. The Kier molecular flexibility index (Phi) is 3.50. The zero-order chi connectivity index (χ0) is 11.6. The summed E-state index contributed by atoms with van der Waals surface area (Å²) in [5.41, 5.74) is 1.60. The van der Waals surface area contributed by atoms with Crippen LogP contribution < -0.4 is 0 Å². The van der Waals surface area contributed by atoms with E-state index in [2.05, 4.69) is 0 Å². The zero-order valence-corrected chi connectivity index (χ0v) is 9.88. The third kappa shape index (κ3) is 3.02. The van der Waals surface area contributed by atoms with Crippen LogP contribution in [0.5, 0.6) is 0 Å². The first-order valence-electron chi connectivity index (χ1n) is 4.85. The predicted molar refractivity (Wildman–Crippen MR) is 59.0 cm³/mol. The molecule has 0 heterocycles. The highest BCUT2D eigenvalue weighted by molar-refractivity contribution is 7.86. The molecule has 0 radical (unpaired) electrons. The minimum absolute atomic E-state index is 0.385. The SMILES string of the molecule is CC(C)c1ccc(C(C)S(=O)(=O)F)cc1. The largest absolute Gasteiger partial charge is 0.309 e. The molecule has 0 aliphatic rings. The number of hydrogen-bond acceptors (Lipinski definition) is 2. The number of hydrogen-bond donors (Lipinski definition) is 0. The van der Waals surface area contributed by atoms with E-state index in [0.717, 1.165) is 5.56 Å². The van der Waals surface area contributed by atoms with E-state index in [1.165, 1.54) is 6.92 Å². The molecule has 0 spiro atoms. The van der Waals surface area contributed by atoms with Crippen molar-refractivity contribution < 1.29 is 12.3 Å². The lowest BCUT2D eigenvalue weighted by atomic mass is 10.0. The summed E-state index contributed by atoms with van der Waals surface area (Å²) in [5, 5.41) is -1.08. The summed E-state index contributed by atoms with van der Waals surface area (Å²) in [7, 11) is -4.49. The molecule has 0 fully saturated rings. The molecule has 2 nitrogen and oxygen atoms in total. The van der Waals surface area contributed by atoms with E-state index < -0.39 is 15.5 Å². The van der Waals surface area contributed by atoms with E-state index in [4.69, 9.17) is 0 Å². The van der Waals surface area contributed by atoms with Gasteiger partial charge in [-0.2, -0.15) is 8.42 Å². The van der Waals surface area contributed by atoms with Gasteiger partial charge in [0.2, 0.25) is 0 Å². The summed E-state index contributed by atoms with van der Waals surface area (Å²) >= 11 is 0. The first kappa shape index (κ1) is 12.2. The van der Waals surface area contributed by atoms with Crippen molar-refractivity contribution >= 4 is 10.2 Å². The van der Waals surface area contributed by atoms with E-state index in [1.54, 1.807) is 12.1 Å². The van der Waals surface area contributed by atoms with E-state index >= 15 is 0 Å². The molecular weight excluding hydrogens is 215 g/mol. The van der Waals surface area contributed by atoms with Gasteiger partial charge < -0.3 is 0 Å². The van der Waals surface area contributed by atoms with Gasteiger partial charge in [-0.1, -0.05) is 38.1 Å². The van der Waals surface area contributed by atoms with Crippen LogP contribution in [0.15, 0.2) is 24.3 Å². The third-order valence-corrected chi connectivity index (χ3v) is 3.61. The fourth-order valence-electron chi connectivity index (χ4n) is 1.31. The van der Waals surface area contributed by atoms with Crippen LogP contribution in [-0.4, -0.2) is 8.42 Å². The molecule has 0 aromatic heterocycles. The quantitative estimate of drug-likeness (QED) is 0.747. The highest BCUT2D eigenvalue weighted by atomic mass is 32.3. The highest BCUT2D eigenvalue weighted by Gasteiger charge is 2.21. The van der Waals surface area contributed by atoms with Crippen molar-refractivity contribution in [1.82, 2.24) is 0 Å². The molecule has 0 N–H and O–H groups in total. The third-order valence-electron chi connectivity index (χ3n) is 2.49. The average Bonchev–Trinajstić information content (AvgIpc) is 2.15. The van der Waals surface area contributed by atoms with Crippen LogP contribution in [0.1, 0.15) is 43.1 Å². The fraction of sp³-hybridized carbons (Fsp3) is 0.455. The maximum absolute atomic E-state index is 12.7. The molecule has 0 amide bonds. The van der Waals surface area contributed by atoms with E-state index in [0.29, 0.717) is 11.5 Å². The van der Waals surface area contributed by atoms with Gasteiger partial charge in [0.05, 0.1) is 0 Å². The maximum Gasteiger partial charge on any atom is 0.309 e. The molecule has 1 aromatic carbocycles. The van der Waals surface area contributed by atoms with Gasteiger partial charge in [0.25, 0.3) is 0 Å². The molecule has 15 heavy (non-hydrogen) atoms. The van der Waals surface area contributed by atoms with Crippen LogP contribution in [0.2, 0.25) is 0 Å². The van der Waals surface area contributed by atoms with E-state index in [-0.39, 0.29) is 0 Å². The molecular formula is C11H15FO2S. The molecule has 1 rings (SSSR count). The molecule has 4 heteroatoms. The second-order valence-electron chi connectivity index (χ2n) is 3.94. The van der Waals surface area contributed by atoms with Crippen molar-refractivity contribution in [3.63, 3.8) is 0 Å². The zero-order valence-electron chi connectivity index (χ0n) is 9.07. The van der Waals surface area contributed by atoms with Crippen LogP contribution in [0.3, 0.4) is 0 Å². The van der Waals surface area contributed by atoms with Gasteiger partial charge in [0.15, 0.2) is 0 Å². The Hall–Kier alpha value is -0.900. The van der Waals surface area contributed by atoms with Gasteiger partial charge in [-0.3, -0.25) is 0 Å². The molecule has 0 saturated carbocycles. The Labute approximate surface area is 90.3 Å². The topological polar surface area (TPSA) is 34.1 Å². The molecule has 0 aliphatic carbocycles. The second-order valence-corrected chi connectivity index (χ2v) is 5.60. The minimum Gasteiger partial charge on any atom is -0.194 e. The maximum atomic E-state index is 12.7. The minimum atomic E-state index is -4.49. The summed E-state index contributed by atoms with van der Waals surface area (Å²) < 4.78 is 34.1. The molecule has 1 atom stereocenters. The molecule has 84 valence electrons. The van der Waals surface area contributed by atoms with Crippen molar-refractivity contribution in [2.75, 3.05) is 0 Å². The van der Waals surface area contributed by atoms with Gasteiger partial charge in [0.1, 0.15) is 5.25 Å². The molecule has 0 aliphatic heterocycles. The average molecular weight is 230 g/mol. The van der Waals surface area contributed by atoms with Crippen molar-refractivity contribution in [2.24, 2.45) is 0 Å². The van der Waals surface area contributed by atoms with Gasteiger partial charge in [0, 0.05) is 0 Å². The number of halogens is 1. The highest BCUT2D eigenvalue weighted by Crippen LogP contribution is 2.24. The summed E-state index contributed by atoms with van der Waals surface area (Å²) in [6, 6.07) is 7.00. The number of benzene rings is 1. The van der Waals surface area contributed by atoms with Crippen LogP contribution in [0.25, 0.3) is 0 Å². The molecule has 0 bridgehead atoms. The van der Waals surface area contributed by atoms with Crippen molar-refractivity contribution in [3.8, 4) is 0 Å². The Balaban J connectivity index is 3.00. The Bertz CT molecular complexity index is 420. The van der Waals surface area contributed by atoms with Crippen molar-refractivity contribution in [2.45, 2.75) is 31.9 Å². The monoisotopic (exact) mass is 230 g/mol. The summed E-state index contributed by atoms with van der Waals surface area (Å²) in [4.78, 5) is 0. The van der Waals surface area contributed by atoms with Crippen molar-refractivity contribution in [3.05, 3.63) is 35.4 Å². The van der Waals surface area contributed by atoms with Crippen LogP contribution in [0, 0.1) is 0 Å². The summed E-state index contributed by atoms with van der Waals surface area (Å²) in [5.74, 6) is 0.385. The Morgan fingerprint density at radius 3 is 1.73 bits per heavy atom. The fourth-order valence-corrected chi connectivity index (χ4v) is 1.80. The van der Waals surface area contributed by atoms with E-state index in [1.807, 2.05) is 26.0 Å². The van der Waals surface area contributed by atoms with Crippen molar-refractivity contribution in [1.29, 1.82) is 0 Å². The lowest BCUT2D eigenvalue weighted by molar-refractivity contribution is 0.540. The van der Waals surface area contributed by atoms with Crippen LogP contribution in [0.4, 0.5) is 3.89 Å². The van der Waals surface area contributed by atoms with Gasteiger partial charge in [-0.05, 0) is 24.0 Å². The summed E-state index contributed by atoms with van der Waals surface area (Å²) in [6.07, 6.45) is 0. The van der Waals surface area contributed by atoms with Gasteiger partial charge in [-0.25, -0.2) is 0 Å². The lowest BCUT2D eigenvalue weighted by Crippen LogP contribution is -2.03. The summed E-state index contributed by atoms with van der Waals surface area (Å²) in [6.45, 7) is 5.44. The normalized spacial score (nSPS) is 14.2. The number of rotatable bonds is 3. The lowest BCUT2D eigenvalue weighted by Gasteiger charge is -2.09.